The third-order valence-electron chi connectivity index (χ3n) is 15.4. The van der Waals surface area contributed by atoms with Crippen molar-refractivity contribution < 1.29 is 0 Å². The van der Waals surface area contributed by atoms with Crippen LogP contribution in [0.3, 0.4) is 0 Å². The molecule has 1 heterocycles. The Morgan fingerprint density at radius 3 is 1.91 bits per heavy atom. The van der Waals surface area contributed by atoms with E-state index in [0.29, 0.717) is 5.92 Å². The monoisotopic (exact) mass is 889 g/mol. The minimum absolute atomic E-state index is 0.309. The van der Waals surface area contributed by atoms with Crippen molar-refractivity contribution in [3.8, 4) is 44.5 Å². The predicted molar refractivity (Wildman–Crippen MR) is 291 cm³/mol. The molecule has 10 aromatic carbocycles. The van der Waals surface area contributed by atoms with Crippen LogP contribution in [0.15, 0.2) is 224 Å². The number of nitrogens with zero attached hydrogens (tertiary/aromatic N) is 1. The molecule has 1 fully saturated rings. The SMILES string of the molecule is CC1(c2ccccc2)c2ccccc2-c2ccc(-c3ccccc3N(c3cccc(-c4cccc5c4sc4ccccc45)c3)c3ccccc3-c3cccc4cccc(C5CCCCC5)c34)cc21. The summed E-state index contributed by atoms with van der Waals surface area (Å²) < 4.78 is 2.64. The van der Waals surface area contributed by atoms with Crippen LogP contribution in [-0.4, -0.2) is 0 Å². The topological polar surface area (TPSA) is 3.24 Å². The third-order valence-corrected chi connectivity index (χ3v) is 16.6. The molecule has 68 heavy (non-hydrogen) atoms. The molecular formula is C66H51NS. The molecule has 0 saturated heterocycles. The summed E-state index contributed by atoms with van der Waals surface area (Å²) >= 11 is 1.89. The summed E-state index contributed by atoms with van der Waals surface area (Å²) in [4.78, 5) is 2.56. The van der Waals surface area contributed by atoms with Gasteiger partial charge in [0, 0.05) is 42.4 Å². The molecule has 1 atom stereocenters. The number of hydrogen-bond acceptors (Lipinski definition) is 2. The maximum absolute atomic E-state index is 2.56. The van der Waals surface area contributed by atoms with Gasteiger partial charge in [0.15, 0.2) is 0 Å². The van der Waals surface area contributed by atoms with Crippen molar-refractivity contribution in [2.24, 2.45) is 0 Å². The average molecular weight is 890 g/mol. The summed E-state index contributed by atoms with van der Waals surface area (Å²) in [5.74, 6) is 0.568. The molecule has 1 nitrogen and oxygen atoms in total. The van der Waals surface area contributed by atoms with Crippen LogP contribution in [0.1, 0.15) is 67.2 Å². The maximum atomic E-state index is 2.56. The first-order chi connectivity index (χ1) is 33.6. The van der Waals surface area contributed by atoms with Gasteiger partial charge in [-0.05, 0) is 128 Å². The number of para-hydroxylation sites is 2. The quantitative estimate of drug-likeness (QED) is 0.147. The number of rotatable bonds is 8. The predicted octanol–water partition coefficient (Wildman–Crippen LogP) is 19.1. The van der Waals surface area contributed by atoms with Gasteiger partial charge in [-0.15, -0.1) is 11.3 Å². The molecule has 2 aliphatic carbocycles. The van der Waals surface area contributed by atoms with Gasteiger partial charge < -0.3 is 4.90 Å². The molecular weight excluding hydrogens is 839 g/mol. The Bertz CT molecular complexity index is 3700. The van der Waals surface area contributed by atoms with Crippen molar-refractivity contribution in [2.75, 3.05) is 4.90 Å². The lowest BCUT2D eigenvalue weighted by Gasteiger charge is -2.31. The van der Waals surface area contributed by atoms with Crippen LogP contribution in [0.25, 0.3) is 75.5 Å². The standard InChI is InChI=1S/C66H51NS/c1-66(48-25-6-3-7-26-48)59-36-12-8-29-53(59)54-41-40-47(43-60(54)66)50-28-9-13-37-61(50)67(49-27-16-24-46(42-49)52-33-19-35-58-56-31-11-15-39-63(56)68-65(52)58)62-38-14-10-30-55(62)57-34-18-23-45-22-17-32-51(64(45)57)44-20-4-2-5-21-44/h3,6-19,22-44H,2,4-5,20-21H2,1H3. The van der Waals surface area contributed by atoms with E-state index in [4.69, 9.17) is 0 Å². The van der Waals surface area contributed by atoms with Crippen LogP contribution in [0, 0.1) is 0 Å². The highest BCUT2D eigenvalue weighted by Gasteiger charge is 2.41. The molecule has 13 rings (SSSR count). The van der Waals surface area contributed by atoms with E-state index in [9.17, 15) is 0 Å². The summed E-state index contributed by atoms with van der Waals surface area (Å²) in [6, 6.07) is 84.4. The second-order valence-electron chi connectivity index (χ2n) is 19.1. The lowest BCUT2D eigenvalue weighted by atomic mass is 9.74. The maximum Gasteiger partial charge on any atom is 0.0540 e. The molecule has 1 unspecified atom stereocenters. The van der Waals surface area contributed by atoms with Crippen LogP contribution in [0.2, 0.25) is 0 Å². The van der Waals surface area contributed by atoms with Crippen molar-refractivity contribution in [3.05, 3.63) is 247 Å². The van der Waals surface area contributed by atoms with Gasteiger partial charge >= 0.3 is 0 Å². The first-order valence-electron chi connectivity index (χ1n) is 24.4. The Hall–Kier alpha value is -7.52. The van der Waals surface area contributed by atoms with Crippen LogP contribution in [0.4, 0.5) is 17.1 Å². The van der Waals surface area contributed by atoms with Crippen LogP contribution in [0.5, 0.6) is 0 Å². The van der Waals surface area contributed by atoms with Crippen molar-refractivity contribution in [1.82, 2.24) is 0 Å². The highest BCUT2D eigenvalue weighted by molar-refractivity contribution is 7.26. The van der Waals surface area contributed by atoms with E-state index in [-0.39, 0.29) is 5.41 Å². The summed E-state index contributed by atoms with van der Waals surface area (Å²) in [5, 5.41) is 5.34. The summed E-state index contributed by atoms with van der Waals surface area (Å²) in [6.45, 7) is 2.42. The molecule has 11 aromatic rings. The zero-order valence-electron chi connectivity index (χ0n) is 38.3. The van der Waals surface area contributed by atoms with E-state index in [1.807, 2.05) is 11.3 Å². The number of benzene rings is 10. The van der Waals surface area contributed by atoms with Gasteiger partial charge in [0.05, 0.1) is 11.4 Å². The van der Waals surface area contributed by atoms with Crippen LogP contribution < -0.4 is 4.90 Å². The lowest BCUT2D eigenvalue weighted by molar-refractivity contribution is 0.445. The van der Waals surface area contributed by atoms with Crippen LogP contribution in [-0.2, 0) is 5.41 Å². The molecule has 0 spiro atoms. The fourth-order valence-corrected chi connectivity index (χ4v) is 13.3. The number of fused-ring (bicyclic) bond motifs is 7. The highest BCUT2D eigenvalue weighted by Crippen LogP contribution is 2.55. The van der Waals surface area contributed by atoms with E-state index < -0.39 is 0 Å². The third kappa shape index (κ3) is 6.57. The number of hydrogen-bond donors (Lipinski definition) is 0. The van der Waals surface area contributed by atoms with Crippen molar-refractivity contribution in [1.29, 1.82) is 0 Å². The van der Waals surface area contributed by atoms with E-state index in [1.165, 1.54) is 130 Å². The van der Waals surface area contributed by atoms with Gasteiger partial charge in [-0.3, -0.25) is 0 Å². The minimum atomic E-state index is -0.309. The average Bonchev–Trinajstić information content (AvgIpc) is 3.92. The van der Waals surface area contributed by atoms with Crippen molar-refractivity contribution >= 4 is 59.3 Å². The Morgan fingerprint density at radius 2 is 1.06 bits per heavy atom. The summed E-state index contributed by atoms with van der Waals surface area (Å²) in [6.07, 6.45) is 6.45. The number of anilines is 3. The first-order valence-corrected chi connectivity index (χ1v) is 25.3. The van der Waals surface area contributed by atoms with Gasteiger partial charge in [0.2, 0.25) is 0 Å². The Labute approximate surface area is 403 Å². The molecule has 0 bridgehead atoms. The zero-order valence-corrected chi connectivity index (χ0v) is 39.1. The zero-order chi connectivity index (χ0) is 45.2. The molecule has 2 aliphatic rings. The smallest absolute Gasteiger partial charge is 0.0540 e. The Balaban J connectivity index is 1.04. The molecule has 1 aromatic heterocycles. The number of thiophene rings is 1. The Kier molecular flexibility index (Phi) is 9.98. The fraction of sp³-hybridized carbons (Fsp3) is 0.121. The van der Waals surface area contributed by atoms with E-state index in [0.717, 1.165) is 17.1 Å². The van der Waals surface area contributed by atoms with E-state index >= 15 is 0 Å². The molecule has 0 radical (unpaired) electrons. The van der Waals surface area contributed by atoms with Crippen molar-refractivity contribution in [3.63, 3.8) is 0 Å². The second kappa shape index (κ2) is 16.7. The second-order valence-corrected chi connectivity index (χ2v) is 20.1. The minimum Gasteiger partial charge on any atom is -0.309 e. The first kappa shape index (κ1) is 40.7. The highest BCUT2D eigenvalue weighted by atomic mass is 32.1. The molecule has 326 valence electrons. The van der Waals surface area contributed by atoms with E-state index in [1.54, 1.807) is 0 Å². The van der Waals surface area contributed by atoms with Crippen LogP contribution >= 0.6 is 11.3 Å². The Morgan fingerprint density at radius 1 is 0.441 bits per heavy atom. The van der Waals surface area contributed by atoms with Gasteiger partial charge in [-0.1, -0.05) is 207 Å². The van der Waals surface area contributed by atoms with Gasteiger partial charge in [-0.25, -0.2) is 0 Å². The van der Waals surface area contributed by atoms with Gasteiger partial charge in [0.25, 0.3) is 0 Å². The molecule has 0 N–H and O–H groups in total. The van der Waals surface area contributed by atoms with Gasteiger partial charge in [-0.2, -0.15) is 0 Å². The summed E-state index contributed by atoms with van der Waals surface area (Å²) in [7, 11) is 0. The molecule has 1 saturated carbocycles. The molecule has 0 aliphatic heterocycles. The van der Waals surface area contributed by atoms with E-state index in [2.05, 4.69) is 236 Å². The lowest BCUT2D eigenvalue weighted by Crippen LogP contribution is -2.22. The van der Waals surface area contributed by atoms with Crippen molar-refractivity contribution in [2.45, 2.75) is 50.4 Å². The molecule has 2 heteroatoms. The normalized spacial score (nSPS) is 15.7. The largest absolute Gasteiger partial charge is 0.309 e. The fourth-order valence-electron chi connectivity index (χ4n) is 12.1. The molecule has 0 amide bonds. The summed E-state index contributed by atoms with van der Waals surface area (Å²) in [5.41, 5.74) is 18.6. The van der Waals surface area contributed by atoms with Gasteiger partial charge in [0.1, 0.15) is 0 Å².